The highest BCUT2D eigenvalue weighted by Gasteiger charge is 2.40. The van der Waals surface area contributed by atoms with E-state index in [-0.39, 0.29) is 11.6 Å². The molecule has 1 aromatic heterocycles. The van der Waals surface area contributed by atoms with Crippen LogP contribution in [0.1, 0.15) is 58.2 Å². The van der Waals surface area contributed by atoms with Gasteiger partial charge in [0.1, 0.15) is 0 Å². The number of rotatable bonds is 2. The molecule has 4 unspecified atom stereocenters. The second-order valence-electron chi connectivity index (χ2n) is 6.36. The van der Waals surface area contributed by atoms with Crippen LogP contribution >= 0.6 is 0 Å². The third-order valence-electron chi connectivity index (χ3n) is 5.04. The molecule has 4 atom stereocenters. The van der Waals surface area contributed by atoms with Gasteiger partial charge in [0.25, 0.3) is 0 Å². The number of aromatic nitrogens is 2. The van der Waals surface area contributed by atoms with Gasteiger partial charge in [-0.3, -0.25) is 0 Å². The second kappa shape index (κ2) is 4.91. The standard InChI is InChI=1S/C15H25N3O/c1-11-5-4-6-13(17-11)14-9-16-10-18(14)15(3)7-8-19-12(15)2/h9-13,17H,4-8H2,1-3H3. The van der Waals surface area contributed by atoms with Crippen LogP contribution in [0.15, 0.2) is 12.5 Å². The molecule has 2 saturated heterocycles. The number of piperidine rings is 1. The van der Waals surface area contributed by atoms with Gasteiger partial charge in [0.15, 0.2) is 0 Å². The molecule has 0 aliphatic carbocycles. The Hall–Kier alpha value is -0.870. The molecule has 0 bridgehead atoms. The molecule has 0 saturated carbocycles. The van der Waals surface area contributed by atoms with E-state index in [1.807, 2.05) is 12.5 Å². The molecule has 2 aliphatic heterocycles. The number of imidazole rings is 1. The van der Waals surface area contributed by atoms with Crippen LogP contribution in [-0.2, 0) is 10.3 Å². The van der Waals surface area contributed by atoms with Crippen molar-refractivity contribution in [3.8, 4) is 0 Å². The fourth-order valence-electron chi connectivity index (χ4n) is 3.50. The van der Waals surface area contributed by atoms with E-state index >= 15 is 0 Å². The van der Waals surface area contributed by atoms with Crippen molar-refractivity contribution in [2.45, 2.75) is 70.2 Å². The van der Waals surface area contributed by atoms with Gasteiger partial charge in [-0.2, -0.15) is 0 Å². The summed E-state index contributed by atoms with van der Waals surface area (Å²) in [7, 11) is 0. The van der Waals surface area contributed by atoms with Crippen LogP contribution in [0.2, 0.25) is 0 Å². The van der Waals surface area contributed by atoms with Crippen LogP contribution in [0.25, 0.3) is 0 Å². The Balaban J connectivity index is 1.90. The molecule has 0 amide bonds. The zero-order valence-corrected chi connectivity index (χ0v) is 12.2. The highest BCUT2D eigenvalue weighted by Crippen LogP contribution is 2.36. The number of hydrogen-bond acceptors (Lipinski definition) is 3. The lowest BCUT2D eigenvalue weighted by Gasteiger charge is -2.35. The van der Waals surface area contributed by atoms with E-state index in [0.717, 1.165) is 13.0 Å². The Morgan fingerprint density at radius 2 is 2.26 bits per heavy atom. The third-order valence-corrected chi connectivity index (χ3v) is 5.04. The zero-order valence-electron chi connectivity index (χ0n) is 12.2. The number of nitrogens with one attached hydrogen (secondary N) is 1. The van der Waals surface area contributed by atoms with Gasteiger partial charge in [-0.1, -0.05) is 0 Å². The van der Waals surface area contributed by atoms with Crippen molar-refractivity contribution < 1.29 is 4.74 Å². The fraction of sp³-hybridized carbons (Fsp3) is 0.800. The maximum atomic E-state index is 5.79. The van der Waals surface area contributed by atoms with Crippen LogP contribution in [0.5, 0.6) is 0 Å². The van der Waals surface area contributed by atoms with Gasteiger partial charge in [-0.15, -0.1) is 0 Å². The predicted molar refractivity (Wildman–Crippen MR) is 75.1 cm³/mol. The molecular formula is C15H25N3O. The quantitative estimate of drug-likeness (QED) is 0.891. The Bertz CT molecular complexity index is 444. The number of nitrogens with zero attached hydrogens (tertiary/aromatic N) is 2. The summed E-state index contributed by atoms with van der Waals surface area (Å²) in [5, 5.41) is 3.71. The minimum atomic E-state index is 0.0498. The van der Waals surface area contributed by atoms with E-state index in [0.29, 0.717) is 12.1 Å². The first-order chi connectivity index (χ1) is 9.11. The summed E-state index contributed by atoms with van der Waals surface area (Å²) in [5.41, 5.74) is 1.38. The van der Waals surface area contributed by atoms with Crippen molar-refractivity contribution in [2.24, 2.45) is 0 Å². The Kier molecular flexibility index (Phi) is 3.39. The lowest BCUT2D eigenvalue weighted by atomic mass is 9.92. The van der Waals surface area contributed by atoms with Crippen molar-refractivity contribution in [3.05, 3.63) is 18.2 Å². The van der Waals surface area contributed by atoms with Gasteiger partial charge < -0.3 is 14.6 Å². The summed E-state index contributed by atoms with van der Waals surface area (Å²) < 4.78 is 8.15. The Labute approximate surface area is 115 Å². The largest absolute Gasteiger partial charge is 0.376 e. The lowest BCUT2D eigenvalue weighted by molar-refractivity contribution is 0.0737. The summed E-state index contributed by atoms with van der Waals surface area (Å²) in [6.07, 6.45) is 9.13. The summed E-state index contributed by atoms with van der Waals surface area (Å²) in [6, 6.07) is 1.04. The second-order valence-corrected chi connectivity index (χ2v) is 6.36. The van der Waals surface area contributed by atoms with Crippen molar-refractivity contribution >= 4 is 0 Å². The molecule has 1 N–H and O–H groups in total. The van der Waals surface area contributed by atoms with Crippen LogP contribution < -0.4 is 5.32 Å². The van der Waals surface area contributed by atoms with E-state index in [1.54, 1.807) is 0 Å². The average Bonchev–Trinajstić information content (AvgIpc) is 2.98. The van der Waals surface area contributed by atoms with E-state index in [4.69, 9.17) is 4.74 Å². The normalized spacial score (nSPS) is 39.6. The molecule has 4 nitrogen and oxygen atoms in total. The van der Waals surface area contributed by atoms with Crippen molar-refractivity contribution in [3.63, 3.8) is 0 Å². The molecule has 0 radical (unpaired) electrons. The van der Waals surface area contributed by atoms with Crippen molar-refractivity contribution in [1.29, 1.82) is 0 Å². The lowest BCUT2D eigenvalue weighted by Crippen LogP contribution is -2.41. The smallest absolute Gasteiger partial charge is 0.0954 e. The van der Waals surface area contributed by atoms with E-state index in [2.05, 4.69) is 35.6 Å². The Morgan fingerprint density at radius 1 is 1.42 bits per heavy atom. The van der Waals surface area contributed by atoms with Gasteiger partial charge in [-0.05, 0) is 46.5 Å². The topological polar surface area (TPSA) is 39.1 Å². The first-order valence-corrected chi connectivity index (χ1v) is 7.51. The molecule has 19 heavy (non-hydrogen) atoms. The van der Waals surface area contributed by atoms with Crippen molar-refractivity contribution in [1.82, 2.24) is 14.9 Å². The maximum absolute atomic E-state index is 5.79. The molecule has 4 heteroatoms. The van der Waals surface area contributed by atoms with Gasteiger partial charge in [-0.25, -0.2) is 4.98 Å². The highest BCUT2D eigenvalue weighted by molar-refractivity contribution is 5.12. The zero-order chi connectivity index (χ0) is 13.5. The molecule has 3 heterocycles. The molecule has 0 aromatic carbocycles. The molecule has 1 aromatic rings. The molecular weight excluding hydrogens is 238 g/mol. The van der Waals surface area contributed by atoms with E-state index < -0.39 is 0 Å². The predicted octanol–water partition coefficient (Wildman–Crippen LogP) is 2.61. The van der Waals surface area contributed by atoms with Crippen molar-refractivity contribution in [2.75, 3.05) is 6.61 Å². The SMILES string of the molecule is CC1CCCC(c2cncn2C2(C)CCOC2C)N1. The van der Waals surface area contributed by atoms with Crippen LogP contribution in [0.4, 0.5) is 0 Å². The average molecular weight is 263 g/mol. The monoisotopic (exact) mass is 263 g/mol. The number of hydrogen-bond donors (Lipinski definition) is 1. The summed E-state index contributed by atoms with van der Waals surface area (Å²) in [6.45, 7) is 7.59. The summed E-state index contributed by atoms with van der Waals surface area (Å²) in [5.74, 6) is 0. The maximum Gasteiger partial charge on any atom is 0.0954 e. The summed E-state index contributed by atoms with van der Waals surface area (Å²) in [4.78, 5) is 4.41. The third kappa shape index (κ3) is 2.21. The first kappa shape index (κ1) is 13.1. The van der Waals surface area contributed by atoms with Gasteiger partial charge in [0, 0.05) is 24.9 Å². The Morgan fingerprint density at radius 3 is 2.95 bits per heavy atom. The molecule has 106 valence electrons. The number of ether oxygens (including phenoxy) is 1. The molecule has 0 spiro atoms. The van der Waals surface area contributed by atoms with Crippen LogP contribution in [-0.4, -0.2) is 28.3 Å². The highest BCUT2D eigenvalue weighted by atomic mass is 16.5. The van der Waals surface area contributed by atoms with Gasteiger partial charge in [0.2, 0.25) is 0 Å². The van der Waals surface area contributed by atoms with E-state index in [9.17, 15) is 0 Å². The minimum Gasteiger partial charge on any atom is -0.376 e. The fourth-order valence-corrected chi connectivity index (χ4v) is 3.50. The van der Waals surface area contributed by atoms with E-state index in [1.165, 1.54) is 25.0 Å². The summed E-state index contributed by atoms with van der Waals surface area (Å²) >= 11 is 0. The van der Waals surface area contributed by atoms with Gasteiger partial charge >= 0.3 is 0 Å². The minimum absolute atomic E-state index is 0.0498. The van der Waals surface area contributed by atoms with Crippen LogP contribution in [0.3, 0.4) is 0 Å². The molecule has 2 fully saturated rings. The molecule has 3 rings (SSSR count). The van der Waals surface area contributed by atoms with Gasteiger partial charge in [0.05, 0.1) is 23.7 Å². The van der Waals surface area contributed by atoms with Crippen LogP contribution in [0, 0.1) is 0 Å². The molecule has 2 aliphatic rings. The first-order valence-electron chi connectivity index (χ1n) is 7.51.